The molecule has 0 radical (unpaired) electrons. The zero-order valence-electron chi connectivity index (χ0n) is 17.3. The summed E-state index contributed by atoms with van der Waals surface area (Å²) in [7, 11) is 0. The van der Waals surface area contributed by atoms with E-state index >= 15 is 0 Å². The van der Waals surface area contributed by atoms with Gasteiger partial charge >= 0.3 is 5.97 Å². The highest BCUT2D eigenvalue weighted by atomic mass is 19.1. The van der Waals surface area contributed by atoms with Crippen LogP contribution in [0, 0.1) is 5.82 Å². The molecule has 2 rings (SSSR count). The van der Waals surface area contributed by atoms with E-state index in [0.717, 1.165) is 5.56 Å². The molecule has 162 valence electrons. The van der Waals surface area contributed by atoms with Crippen LogP contribution in [0.4, 0.5) is 4.39 Å². The summed E-state index contributed by atoms with van der Waals surface area (Å²) in [4.78, 5) is 24.4. The Hall–Kier alpha value is -3.29. The predicted molar refractivity (Wildman–Crippen MR) is 108 cm³/mol. The van der Waals surface area contributed by atoms with Crippen LogP contribution in [0.1, 0.15) is 36.7 Å². The van der Waals surface area contributed by atoms with Crippen LogP contribution in [0.2, 0.25) is 0 Å². The summed E-state index contributed by atoms with van der Waals surface area (Å²) in [5.74, 6) is -0.399. The van der Waals surface area contributed by atoms with Crippen LogP contribution in [0.25, 0.3) is 0 Å². The third-order valence-corrected chi connectivity index (χ3v) is 3.88. The van der Waals surface area contributed by atoms with Gasteiger partial charge in [0.15, 0.2) is 18.1 Å². The number of ether oxygens (including phenoxy) is 4. The summed E-state index contributed by atoms with van der Waals surface area (Å²) >= 11 is 0. The van der Waals surface area contributed by atoms with Gasteiger partial charge in [0.2, 0.25) is 5.75 Å². The lowest BCUT2D eigenvalue weighted by Gasteiger charge is -2.16. The van der Waals surface area contributed by atoms with Gasteiger partial charge in [-0.05, 0) is 50.6 Å². The minimum absolute atomic E-state index is 0.177. The smallest absolute Gasteiger partial charge is 0.338 e. The lowest BCUT2D eigenvalue weighted by molar-refractivity contribution is -0.124. The van der Waals surface area contributed by atoms with Gasteiger partial charge < -0.3 is 24.3 Å². The van der Waals surface area contributed by atoms with E-state index in [2.05, 4.69) is 5.32 Å². The summed E-state index contributed by atoms with van der Waals surface area (Å²) < 4.78 is 34.7. The van der Waals surface area contributed by atoms with E-state index in [1.165, 1.54) is 24.3 Å². The molecule has 0 heterocycles. The van der Waals surface area contributed by atoms with Crippen LogP contribution in [0.3, 0.4) is 0 Å². The zero-order valence-corrected chi connectivity index (χ0v) is 17.3. The van der Waals surface area contributed by atoms with Crippen molar-refractivity contribution in [1.29, 1.82) is 0 Å². The molecule has 1 amide bonds. The normalized spacial score (nSPS) is 10.3. The molecule has 0 aliphatic heterocycles. The molecular weight excluding hydrogens is 393 g/mol. The average molecular weight is 419 g/mol. The first-order valence-electron chi connectivity index (χ1n) is 9.73. The molecule has 1 N–H and O–H groups in total. The van der Waals surface area contributed by atoms with Crippen LogP contribution in [-0.2, 0) is 16.1 Å². The molecule has 0 saturated heterocycles. The Kier molecular flexibility index (Phi) is 8.93. The number of nitrogens with one attached hydrogen (secondary N) is 1. The molecule has 0 fully saturated rings. The van der Waals surface area contributed by atoms with Crippen molar-refractivity contribution in [2.75, 3.05) is 26.4 Å². The number of carbonyl (C=O) groups is 2. The Balaban J connectivity index is 2.02. The molecule has 0 spiro atoms. The highest BCUT2D eigenvalue weighted by molar-refractivity contribution is 5.92. The van der Waals surface area contributed by atoms with Gasteiger partial charge in [0.25, 0.3) is 5.91 Å². The lowest BCUT2D eigenvalue weighted by atomic mass is 10.2. The van der Waals surface area contributed by atoms with Gasteiger partial charge in [-0.15, -0.1) is 0 Å². The maximum Gasteiger partial charge on any atom is 0.338 e. The lowest BCUT2D eigenvalue weighted by Crippen LogP contribution is -2.28. The zero-order chi connectivity index (χ0) is 21.9. The number of rotatable bonds is 11. The highest BCUT2D eigenvalue weighted by Gasteiger charge is 2.19. The molecule has 0 bridgehead atoms. The van der Waals surface area contributed by atoms with Crippen LogP contribution in [0.15, 0.2) is 36.4 Å². The monoisotopic (exact) mass is 419 g/mol. The first kappa shape index (κ1) is 23.0. The Labute approximate surface area is 175 Å². The van der Waals surface area contributed by atoms with Gasteiger partial charge in [0.05, 0.1) is 25.4 Å². The van der Waals surface area contributed by atoms with E-state index in [1.807, 2.05) is 20.8 Å². The van der Waals surface area contributed by atoms with Gasteiger partial charge in [-0.3, -0.25) is 4.79 Å². The average Bonchev–Trinajstić information content (AvgIpc) is 2.74. The molecule has 2 aromatic rings. The molecule has 8 heteroatoms. The molecule has 0 unspecified atom stereocenters. The maximum atomic E-state index is 12.9. The standard InChI is InChI=1S/C22H26FNO6/c1-4-27-18-11-16(12-19(28-5-2)21(18)29-6-3)22(26)30-14-20(25)24-13-15-7-9-17(23)10-8-15/h7-12H,4-6,13-14H2,1-3H3,(H,24,25). The number of carbonyl (C=O) groups excluding carboxylic acids is 2. The number of halogens is 1. The van der Waals surface area contributed by atoms with Gasteiger partial charge in [-0.1, -0.05) is 12.1 Å². The summed E-state index contributed by atoms with van der Waals surface area (Å²) in [5.41, 5.74) is 0.905. The minimum Gasteiger partial charge on any atom is -0.490 e. The van der Waals surface area contributed by atoms with Gasteiger partial charge in [0.1, 0.15) is 5.82 Å². The molecule has 7 nitrogen and oxygen atoms in total. The van der Waals surface area contributed by atoms with E-state index in [4.69, 9.17) is 18.9 Å². The van der Waals surface area contributed by atoms with Crippen molar-refractivity contribution >= 4 is 11.9 Å². The predicted octanol–water partition coefficient (Wildman–Crippen LogP) is 3.50. The molecule has 30 heavy (non-hydrogen) atoms. The van der Waals surface area contributed by atoms with Crippen molar-refractivity contribution in [2.45, 2.75) is 27.3 Å². The first-order valence-corrected chi connectivity index (χ1v) is 9.73. The van der Waals surface area contributed by atoms with E-state index in [-0.39, 0.29) is 17.9 Å². The van der Waals surface area contributed by atoms with Gasteiger partial charge in [0, 0.05) is 6.54 Å². The highest BCUT2D eigenvalue weighted by Crippen LogP contribution is 2.39. The summed E-state index contributed by atoms with van der Waals surface area (Å²) in [6.07, 6.45) is 0. The fraction of sp³-hybridized carbons (Fsp3) is 0.364. The fourth-order valence-electron chi connectivity index (χ4n) is 2.57. The number of esters is 1. The molecule has 0 aliphatic carbocycles. The second kappa shape index (κ2) is 11.6. The maximum absolute atomic E-state index is 12.9. The van der Waals surface area contributed by atoms with Crippen molar-refractivity contribution in [2.24, 2.45) is 0 Å². The molecule has 0 aliphatic rings. The molecule has 0 aromatic heterocycles. The summed E-state index contributed by atoms with van der Waals surface area (Å²) in [6, 6.07) is 8.72. The SMILES string of the molecule is CCOc1cc(C(=O)OCC(=O)NCc2ccc(F)cc2)cc(OCC)c1OCC. The second-order valence-electron chi connectivity index (χ2n) is 6.08. The van der Waals surface area contributed by atoms with Crippen LogP contribution in [0.5, 0.6) is 17.2 Å². The Bertz CT molecular complexity index is 826. The number of benzene rings is 2. The third-order valence-electron chi connectivity index (χ3n) is 3.88. The van der Waals surface area contributed by atoms with Gasteiger partial charge in [-0.2, -0.15) is 0 Å². The summed E-state index contributed by atoms with van der Waals surface area (Å²) in [5, 5.41) is 2.61. The second-order valence-corrected chi connectivity index (χ2v) is 6.08. The number of hydrogen-bond donors (Lipinski definition) is 1. The molecular formula is C22H26FNO6. The molecule has 2 aromatic carbocycles. The Morgan fingerprint density at radius 1 is 0.900 bits per heavy atom. The van der Waals surface area contributed by atoms with Crippen molar-refractivity contribution in [3.8, 4) is 17.2 Å². The molecule has 0 saturated carbocycles. The van der Waals surface area contributed by atoms with Crippen LogP contribution in [-0.4, -0.2) is 38.3 Å². The van der Waals surface area contributed by atoms with Crippen LogP contribution >= 0.6 is 0 Å². The quantitative estimate of drug-likeness (QED) is 0.562. The Morgan fingerprint density at radius 3 is 2.00 bits per heavy atom. The largest absolute Gasteiger partial charge is 0.490 e. The van der Waals surface area contributed by atoms with Crippen molar-refractivity contribution < 1.29 is 32.9 Å². The van der Waals surface area contributed by atoms with E-state index in [0.29, 0.717) is 37.1 Å². The van der Waals surface area contributed by atoms with E-state index in [9.17, 15) is 14.0 Å². The van der Waals surface area contributed by atoms with Crippen LogP contribution < -0.4 is 19.5 Å². The van der Waals surface area contributed by atoms with Gasteiger partial charge in [-0.25, -0.2) is 9.18 Å². The van der Waals surface area contributed by atoms with Crippen molar-refractivity contribution in [3.63, 3.8) is 0 Å². The first-order chi connectivity index (χ1) is 14.5. The number of hydrogen-bond acceptors (Lipinski definition) is 6. The fourth-order valence-corrected chi connectivity index (χ4v) is 2.57. The van der Waals surface area contributed by atoms with Crippen molar-refractivity contribution in [1.82, 2.24) is 5.32 Å². The topological polar surface area (TPSA) is 83.1 Å². The number of amides is 1. The molecule has 0 atom stereocenters. The van der Waals surface area contributed by atoms with E-state index < -0.39 is 18.5 Å². The Morgan fingerprint density at radius 2 is 1.47 bits per heavy atom. The van der Waals surface area contributed by atoms with Crippen molar-refractivity contribution in [3.05, 3.63) is 53.3 Å². The minimum atomic E-state index is -0.697. The summed E-state index contributed by atoms with van der Waals surface area (Å²) in [6.45, 7) is 6.34. The third kappa shape index (κ3) is 6.65. The van der Waals surface area contributed by atoms with E-state index in [1.54, 1.807) is 12.1 Å².